The van der Waals surface area contributed by atoms with Crippen molar-refractivity contribution in [3.8, 4) is 0 Å². The maximum Gasteiger partial charge on any atom is 0.152 e. The summed E-state index contributed by atoms with van der Waals surface area (Å²) in [5, 5.41) is 0. The fourth-order valence-electron chi connectivity index (χ4n) is 2.25. The van der Waals surface area contributed by atoms with Crippen LogP contribution in [0.3, 0.4) is 0 Å². The lowest BCUT2D eigenvalue weighted by molar-refractivity contribution is 0.0945. The van der Waals surface area contributed by atoms with E-state index in [2.05, 4.69) is 11.8 Å². The first-order valence-corrected chi connectivity index (χ1v) is 6.83. The highest BCUT2D eigenvalue weighted by Gasteiger charge is 2.33. The first-order chi connectivity index (χ1) is 6.07. The van der Waals surface area contributed by atoms with Crippen molar-refractivity contribution in [1.82, 2.24) is 4.90 Å². The number of rotatable bonds is 1. The Morgan fingerprint density at radius 2 is 1.69 bits per heavy atom. The summed E-state index contributed by atoms with van der Waals surface area (Å²) < 4.78 is 22.3. The van der Waals surface area contributed by atoms with Crippen LogP contribution in [0.4, 0.5) is 0 Å². The van der Waals surface area contributed by atoms with Gasteiger partial charge >= 0.3 is 0 Å². The SMILES string of the molecule is CC1CC(N2CCS(=O)(=O)CC2)C1. The molecule has 1 aliphatic carbocycles. The normalized spacial score (nSPS) is 39.8. The molecule has 0 amide bonds. The molecule has 0 spiro atoms. The first-order valence-electron chi connectivity index (χ1n) is 5.01. The van der Waals surface area contributed by atoms with E-state index in [0.29, 0.717) is 17.5 Å². The smallest absolute Gasteiger partial charge is 0.152 e. The molecule has 1 saturated heterocycles. The van der Waals surface area contributed by atoms with Crippen LogP contribution in [0.5, 0.6) is 0 Å². The van der Waals surface area contributed by atoms with Gasteiger partial charge in [0.05, 0.1) is 11.5 Å². The summed E-state index contributed by atoms with van der Waals surface area (Å²) in [4.78, 5) is 2.35. The Labute approximate surface area is 80.0 Å². The predicted octanol–water partition coefficient (Wildman–Crippen LogP) is 0.515. The first kappa shape index (κ1) is 9.46. The Balaban J connectivity index is 1.85. The van der Waals surface area contributed by atoms with E-state index in [0.717, 1.165) is 19.0 Å². The van der Waals surface area contributed by atoms with Crippen LogP contribution in [0.1, 0.15) is 19.8 Å². The van der Waals surface area contributed by atoms with Gasteiger partial charge in [0.2, 0.25) is 0 Å². The lowest BCUT2D eigenvalue weighted by Gasteiger charge is -2.43. The molecule has 4 heteroatoms. The third-order valence-corrected chi connectivity index (χ3v) is 4.85. The van der Waals surface area contributed by atoms with Crippen LogP contribution in [-0.4, -0.2) is 44.0 Å². The molecule has 0 unspecified atom stereocenters. The minimum absolute atomic E-state index is 0.373. The van der Waals surface area contributed by atoms with E-state index in [9.17, 15) is 8.42 Å². The standard InChI is InChI=1S/C9H17NO2S/c1-8-6-9(7-8)10-2-4-13(11,12)5-3-10/h8-9H,2-7H2,1H3. The summed E-state index contributed by atoms with van der Waals surface area (Å²) in [5.41, 5.74) is 0. The fourth-order valence-corrected chi connectivity index (χ4v) is 3.48. The Hall–Kier alpha value is -0.0900. The van der Waals surface area contributed by atoms with E-state index < -0.39 is 9.84 Å². The van der Waals surface area contributed by atoms with Gasteiger partial charge in [-0.05, 0) is 18.8 Å². The van der Waals surface area contributed by atoms with Gasteiger partial charge in [-0.25, -0.2) is 8.42 Å². The largest absolute Gasteiger partial charge is 0.298 e. The van der Waals surface area contributed by atoms with E-state index in [4.69, 9.17) is 0 Å². The predicted molar refractivity (Wildman–Crippen MR) is 52.4 cm³/mol. The average molecular weight is 203 g/mol. The van der Waals surface area contributed by atoms with Crippen LogP contribution in [-0.2, 0) is 9.84 Å². The Bertz CT molecular complexity index is 266. The maximum absolute atomic E-state index is 11.2. The summed E-state index contributed by atoms with van der Waals surface area (Å²) >= 11 is 0. The number of sulfone groups is 1. The quantitative estimate of drug-likeness (QED) is 0.623. The zero-order chi connectivity index (χ0) is 9.47. The van der Waals surface area contributed by atoms with Crippen LogP contribution in [0, 0.1) is 5.92 Å². The number of nitrogens with zero attached hydrogens (tertiary/aromatic N) is 1. The van der Waals surface area contributed by atoms with Gasteiger partial charge in [-0.2, -0.15) is 0 Å². The Kier molecular flexibility index (Phi) is 2.36. The summed E-state index contributed by atoms with van der Waals surface area (Å²) in [6, 6.07) is 0.686. The van der Waals surface area contributed by atoms with Gasteiger partial charge in [0, 0.05) is 19.1 Å². The molecule has 0 N–H and O–H groups in total. The second kappa shape index (κ2) is 3.24. The minimum atomic E-state index is -2.69. The summed E-state index contributed by atoms with van der Waals surface area (Å²) in [5.74, 6) is 1.60. The lowest BCUT2D eigenvalue weighted by atomic mass is 9.81. The van der Waals surface area contributed by atoms with Gasteiger partial charge < -0.3 is 0 Å². The van der Waals surface area contributed by atoms with Crippen molar-refractivity contribution in [1.29, 1.82) is 0 Å². The molecular weight excluding hydrogens is 186 g/mol. The van der Waals surface area contributed by atoms with Gasteiger partial charge in [-0.1, -0.05) is 6.92 Å². The molecule has 76 valence electrons. The van der Waals surface area contributed by atoms with Crippen molar-refractivity contribution in [3.63, 3.8) is 0 Å². The van der Waals surface area contributed by atoms with Gasteiger partial charge in [0.25, 0.3) is 0 Å². The molecule has 2 fully saturated rings. The summed E-state index contributed by atoms with van der Waals surface area (Å²) in [7, 11) is -2.69. The van der Waals surface area contributed by atoms with Gasteiger partial charge in [0.1, 0.15) is 0 Å². The molecular formula is C9H17NO2S. The molecule has 2 rings (SSSR count). The van der Waals surface area contributed by atoms with Gasteiger partial charge in [-0.3, -0.25) is 4.90 Å². The molecule has 2 aliphatic rings. The molecule has 0 aromatic heterocycles. The van der Waals surface area contributed by atoms with E-state index in [1.807, 2.05) is 0 Å². The van der Waals surface area contributed by atoms with Crippen LogP contribution >= 0.6 is 0 Å². The average Bonchev–Trinajstić information content (AvgIpc) is 2.00. The zero-order valence-electron chi connectivity index (χ0n) is 8.07. The van der Waals surface area contributed by atoms with Crippen molar-refractivity contribution >= 4 is 9.84 Å². The molecule has 0 aromatic rings. The highest BCUT2D eigenvalue weighted by molar-refractivity contribution is 7.91. The molecule has 1 saturated carbocycles. The molecule has 0 bridgehead atoms. The van der Waals surface area contributed by atoms with Gasteiger partial charge in [-0.15, -0.1) is 0 Å². The van der Waals surface area contributed by atoms with Crippen molar-refractivity contribution in [3.05, 3.63) is 0 Å². The summed E-state index contributed by atoms with van der Waals surface area (Å²) in [6.07, 6.45) is 2.53. The fraction of sp³-hybridized carbons (Fsp3) is 1.00. The van der Waals surface area contributed by atoms with E-state index in [1.165, 1.54) is 12.8 Å². The van der Waals surface area contributed by atoms with Crippen molar-refractivity contribution in [2.45, 2.75) is 25.8 Å². The monoisotopic (exact) mass is 203 g/mol. The Morgan fingerprint density at radius 1 is 1.15 bits per heavy atom. The molecule has 0 aromatic carbocycles. The van der Waals surface area contributed by atoms with E-state index in [1.54, 1.807) is 0 Å². The topological polar surface area (TPSA) is 37.4 Å². The van der Waals surface area contributed by atoms with Crippen LogP contribution in [0.15, 0.2) is 0 Å². The van der Waals surface area contributed by atoms with Crippen LogP contribution in [0.2, 0.25) is 0 Å². The highest BCUT2D eigenvalue weighted by Crippen LogP contribution is 2.31. The molecule has 0 radical (unpaired) electrons. The van der Waals surface area contributed by atoms with Crippen molar-refractivity contribution < 1.29 is 8.42 Å². The highest BCUT2D eigenvalue weighted by atomic mass is 32.2. The summed E-state index contributed by atoms with van der Waals surface area (Å²) in [6.45, 7) is 3.79. The van der Waals surface area contributed by atoms with Crippen molar-refractivity contribution in [2.75, 3.05) is 24.6 Å². The lowest BCUT2D eigenvalue weighted by Crippen LogP contribution is -2.50. The second-order valence-corrected chi connectivity index (χ2v) is 6.72. The second-order valence-electron chi connectivity index (χ2n) is 4.42. The van der Waals surface area contributed by atoms with E-state index in [-0.39, 0.29) is 0 Å². The minimum Gasteiger partial charge on any atom is -0.298 e. The Morgan fingerprint density at radius 3 is 2.15 bits per heavy atom. The van der Waals surface area contributed by atoms with Crippen LogP contribution in [0.25, 0.3) is 0 Å². The van der Waals surface area contributed by atoms with Crippen LogP contribution < -0.4 is 0 Å². The number of hydrogen-bond acceptors (Lipinski definition) is 3. The number of hydrogen-bond donors (Lipinski definition) is 0. The third kappa shape index (κ3) is 2.05. The molecule has 0 atom stereocenters. The molecule has 3 nitrogen and oxygen atoms in total. The van der Waals surface area contributed by atoms with Gasteiger partial charge in [0.15, 0.2) is 9.84 Å². The molecule has 1 aliphatic heterocycles. The maximum atomic E-state index is 11.2. The molecule has 13 heavy (non-hydrogen) atoms. The van der Waals surface area contributed by atoms with Crippen molar-refractivity contribution in [2.24, 2.45) is 5.92 Å². The third-order valence-electron chi connectivity index (χ3n) is 3.24. The molecule has 1 heterocycles. The van der Waals surface area contributed by atoms with E-state index >= 15 is 0 Å². The zero-order valence-corrected chi connectivity index (χ0v) is 8.89.